The zero-order valence-corrected chi connectivity index (χ0v) is 13.4. The third-order valence-electron chi connectivity index (χ3n) is 2.89. The number of halogens is 9. The first-order valence-corrected chi connectivity index (χ1v) is 8.05. The van der Waals surface area contributed by atoms with Crippen molar-refractivity contribution in [2.75, 3.05) is 12.8 Å². The Morgan fingerprint density at radius 2 is 1.54 bits per heavy atom. The van der Waals surface area contributed by atoms with Crippen molar-refractivity contribution in [2.24, 2.45) is 0 Å². The van der Waals surface area contributed by atoms with Crippen LogP contribution in [0.2, 0.25) is 0 Å². The molecule has 0 radical (unpaired) electrons. The second kappa shape index (κ2) is 7.58. The predicted octanol–water partition coefficient (Wildman–Crippen LogP) is 2.66. The first-order chi connectivity index (χ1) is 10.5. The fourth-order valence-electron chi connectivity index (χ4n) is 1.47. The summed E-state index contributed by atoms with van der Waals surface area (Å²) in [6.45, 7) is 0. The molecule has 1 amide bonds. The second-order valence-electron chi connectivity index (χ2n) is 4.64. The largest absolute Gasteiger partial charge is 0.453 e. The van der Waals surface area contributed by atoms with Gasteiger partial charge < -0.3 is 5.32 Å². The van der Waals surface area contributed by atoms with Gasteiger partial charge in [0.15, 0.2) is 16.0 Å². The molecule has 0 aliphatic rings. The van der Waals surface area contributed by atoms with E-state index in [1.54, 1.807) is 5.32 Å². The molecule has 2 atom stereocenters. The van der Waals surface area contributed by atoms with Gasteiger partial charge in [0.25, 0.3) is 12.3 Å². The Morgan fingerprint density at radius 3 is 1.88 bits per heavy atom. The normalized spacial score (nSPS) is 17.5. The van der Waals surface area contributed by atoms with Crippen LogP contribution in [-0.2, 0) is 14.6 Å². The summed E-state index contributed by atoms with van der Waals surface area (Å²) in [6.07, 6.45) is -17.1. The SMILES string of the molecule is CNC(=O)C(Cl)(CCC(F)(F)C(F)(F)F)S(=O)(=O)CC(F)C(F)F. The van der Waals surface area contributed by atoms with E-state index >= 15 is 0 Å². The Kier molecular flexibility index (Phi) is 7.31. The zero-order chi connectivity index (χ0) is 19.6. The van der Waals surface area contributed by atoms with Crippen molar-refractivity contribution in [3.8, 4) is 0 Å². The van der Waals surface area contributed by atoms with E-state index in [4.69, 9.17) is 11.6 Å². The molecule has 1 N–H and O–H groups in total. The molecule has 0 aromatic heterocycles. The molecule has 4 nitrogen and oxygen atoms in total. The first kappa shape index (κ1) is 23.1. The van der Waals surface area contributed by atoms with Crippen LogP contribution in [0.3, 0.4) is 0 Å². The summed E-state index contributed by atoms with van der Waals surface area (Å²) in [6, 6.07) is 0. The highest BCUT2D eigenvalue weighted by atomic mass is 35.5. The second-order valence-corrected chi connectivity index (χ2v) is 7.77. The van der Waals surface area contributed by atoms with Crippen LogP contribution in [0.1, 0.15) is 12.8 Å². The predicted molar refractivity (Wildman–Crippen MR) is 67.6 cm³/mol. The lowest BCUT2D eigenvalue weighted by atomic mass is 10.1. The molecule has 0 rings (SSSR count). The molecular weight excluding hydrogens is 402 g/mol. The molecule has 0 aliphatic heterocycles. The molecule has 0 fully saturated rings. The number of sulfone groups is 1. The number of rotatable bonds is 8. The Balaban J connectivity index is 5.64. The molecule has 2 unspecified atom stereocenters. The molecule has 0 aliphatic carbocycles. The third-order valence-corrected chi connectivity index (χ3v) is 6.09. The van der Waals surface area contributed by atoms with Gasteiger partial charge in [-0.05, 0) is 6.42 Å². The van der Waals surface area contributed by atoms with E-state index in [0.29, 0.717) is 0 Å². The molecule has 0 spiro atoms. The van der Waals surface area contributed by atoms with Crippen molar-refractivity contribution in [3.05, 3.63) is 0 Å². The summed E-state index contributed by atoms with van der Waals surface area (Å²) in [7, 11) is -4.57. The summed E-state index contributed by atoms with van der Waals surface area (Å²) in [4.78, 5) is 11.5. The van der Waals surface area contributed by atoms with Crippen LogP contribution in [0.15, 0.2) is 0 Å². The summed E-state index contributed by atoms with van der Waals surface area (Å²) in [5, 5.41) is 1.60. The maximum absolute atomic E-state index is 12.9. The molecule has 0 saturated carbocycles. The van der Waals surface area contributed by atoms with Crippen LogP contribution in [0.4, 0.5) is 35.1 Å². The fraction of sp³-hybridized carbons (Fsp3) is 0.900. The van der Waals surface area contributed by atoms with E-state index < -0.39 is 63.2 Å². The highest BCUT2D eigenvalue weighted by Crippen LogP contribution is 2.42. The maximum atomic E-state index is 12.9. The topological polar surface area (TPSA) is 63.2 Å². The van der Waals surface area contributed by atoms with E-state index in [0.717, 1.165) is 7.05 Å². The van der Waals surface area contributed by atoms with Crippen LogP contribution >= 0.6 is 11.6 Å². The number of carbonyl (C=O) groups is 1. The third kappa shape index (κ3) is 5.07. The van der Waals surface area contributed by atoms with Crippen molar-refractivity contribution in [3.63, 3.8) is 0 Å². The summed E-state index contributed by atoms with van der Waals surface area (Å²) < 4.78 is 119. The lowest BCUT2D eigenvalue weighted by molar-refractivity contribution is -0.284. The van der Waals surface area contributed by atoms with Gasteiger partial charge in [-0.2, -0.15) is 22.0 Å². The number of amides is 1. The number of hydrogen-bond donors (Lipinski definition) is 1. The standard InChI is InChI=1S/C10H12ClF8NO3S/c1-20-7(21)8(11,2-3-9(15,16)10(17,18)19)24(22,23)4-5(12)6(13)14/h5-6H,2-4H2,1H3,(H,20,21). The number of alkyl halides is 9. The van der Waals surface area contributed by atoms with Crippen LogP contribution in [-0.4, -0.2) is 56.0 Å². The van der Waals surface area contributed by atoms with Crippen LogP contribution in [0.5, 0.6) is 0 Å². The lowest BCUT2D eigenvalue weighted by Crippen LogP contribution is -2.51. The molecule has 144 valence electrons. The minimum Gasteiger partial charge on any atom is -0.357 e. The van der Waals surface area contributed by atoms with Gasteiger partial charge in [-0.1, -0.05) is 11.6 Å². The average Bonchev–Trinajstić information content (AvgIpc) is 2.41. The molecule has 0 heterocycles. The number of carbonyl (C=O) groups excluding carboxylic acids is 1. The molecular formula is C10H12ClF8NO3S. The Morgan fingerprint density at radius 1 is 1.08 bits per heavy atom. The van der Waals surface area contributed by atoms with Crippen molar-refractivity contribution >= 4 is 27.3 Å². The van der Waals surface area contributed by atoms with Gasteiger partial charge in [0.1, 0.15) is 0 Å². The maximum Gasteiger partial charge on any atom is 0.453 e. The quantitative estimate of drug-likeness (QED) is 0.491. The Bertz CT molecular complexity index is 553. The van der Waals surface area contributed by atoms with E-state index in [-0.39, 0.29) is 0 Å². The molecule has 14 heteroatoms. The van der Waals surface area contributed by atoms with E-state index in [9.17, 15) is 48.3 Å². The van der Waals surface area contributed by atoms with Gasteiger partial charge in [0, 0.05) is 13.5 Å². The van der Waals surface area contributed by atoms with Crippen molar-refractivity contribution < 1.29 is 48.3 Å². The van der Waals surface area contributed by atoms with E-state index in [2.05, 4.69) is 0 Å². The highest BCUT2D eigenvalue weighted by molar-refractivity contribution is 7.95. The molecule has 0 aromatic rings. The number of hydrogen-bond acceptors (Lipinski definition) is 3. The highest BCUT2D eigenvalue weighted by Gasteiger charge is 2.60. The molecule has 24 heavy (non-hydrogen) atoms. The lowest BCUT2D eigenvalue weighted by Gasteiger charge is -2.28. The smallest absolute Gasteiger partial charge is 0.357 e. The average molecular weight is 414 g/mol. The number of nitrogens with one attached hydrogen (secondary N) is 1. The van der Waals surface area contributed by atoms with Gasteiger partial charge in [0.05, 0.1) is 5.75 Å². The van der Waals surface area contributed by atoms with E-state index in [1.165, 1.54) is 0 Å². The Hall–Kier alpha value is -0.850. The molecule has 0 bridgehead atoms. The minimum absolute atomic E-state index is 0.775. The fourth-order valence-corrected chi connectivity index (χ4v) is 3.48. The monoisotopic (exact) mass is 413 g/mol. The van der Waals surface area contributed by atoms with Crippen LogP contribution in [0.25, 0.3) is 0 Å². The van der Waals surface area contributed by atoms with Crippen LogP contribution in [0, 0.1) is 0 Å². The Labute approximate surface area is 136 Å². The van der Waals surface area contributed by atoms with Crippen molar-refractivity contribution in [1.82, 2.24) is 5.32 Å². The molecule has 0 aromatic carbocycles. The van der Waals surface area contributed by atoms with Crippen molar-refractivity contribution in [1.29, 1.82) is 0 Å². The minimum atomic E-state index is -6.05. The summed E-state index contributed by atoms with van der Waals surface area (Å²) in [5.41, 5.74) is 0. The van der Waals surface area contributed by atoms with Gasteiger partial charge in [-0.25, -0.2) is 21.6 Å². The van der Waals surface area contributed by atoms with Gasteiger partial charge in [-0.15, -0.1) is 0 Å². The van der Waals surface area contributed by atoms with Gasteiger partial charge in [-0.3, -0.25) is 4.79 Å². The van der Waals surface area contributed by atoms with E-state index in [1.807, 2.05) is 0 Å². The first-order valence-electron chi connectivity index (χ1n) is 6.02. The van der Waals surface area contributed by atoms with Gasteiger partial charge >= 0.3 is 12.1 Å². The zero-order valence-electron chi connectivity index (χ0n) is 11.8. The summed E-state index contributed by atoms with van der Waals surface area (Å²) in [5.74, 6) is -9.17. The summed E-state index contributed by atoms with van der Waals surface area (Å²) >= 11 is 5.37. The molecule has 0 saturated heterocycles. The van der Waals surface area contributed by atoms with Gasteiger partial charge in [0.2, 0.25) is 4.21 Å². The van der Waals surface area contributed by atoms with Crippen molar-refractivity contribution in [2.45, 2.75) is 41.7 Å². The van der Waals surface area contributed by atoms with Crippen LogP contribution < -0.4 is 5.32 Å².